The molecule has 0 fully saturated rings. The van der Waals surface area contributed by atoms with E-state index in [4.69, 9.17) is 9.47 Å². The average molecular weight is 342 g/mol. The highest BCUT2D eigenvalue weighted by Gasteiger charge is 2.07. The van der Waals surface area contributed by atoms with E-state index >= 15 is 0 Å². The highest BCUT2D eigenvalue weighted by molar-refractivity contribution is 5.94. The third-order valence-corrected chi connectivity index (χ3v) is 3.59. The fraction of sp³-hybridized carbons (Fsp3) is 0.263. The Bertz CT molecular complexity index is 714. The van der Waals surface area contributed by atoms with Crippen molar-refractivity contribution < 1.29 is 19.1 Å². The summed E-state index contributed by atoms with van der Waals surface area (Å²) in [4.78, 5) is 23.9. The second-order valence-corrected chi connectivity index (χ2v) is 5.36. The molecule has 2 aromatic rings. The number of carbonyl (C=O) groups is 2. The van der Waals surface area contributed by atoms with Crippen molar-refractivity contribution in [3.8, 4) is 11.5 Å². The third-order valence-electron chi connectivity index (χ3n) is 3.59. The van der Waals surface area contributed by atoms with E-state index in [0.717, 1.165) is 11.3 Å². The molecule has 2 N–H and O–H groups in total. The second kappa shape index (κ2) is 9.32. The van der Waals surface area contributed by atoms with E-state index in [-0.39, 0.29) is 18.2 Å². The average Bonchev–Trinajstić information content (AvgIpc) is 2.65. The van der Waals surface area contributed by atoms with Crippen molar-refractivity contribution in [2.75, 3.05) is 27.3 Å². The molecule has 0 heterocycles. The molecule has 25 heavy (non-hydrogen) atoms. The number of carbonyl (C=O) groups excluding carboxylic acids is 2. The van der Waals surface area contributed by atoms with Crippen molar-refractivity contribution >= 4 is 11.8 Å². The summed E-state index contributed by atoms with van der Waals surface area (Å²) < 4.78 is 10.2. The van der Waals surface area contributed by atoms with Gasteiger partial charge in [-0.15, -0.1) is 0 Å². The summed E-state index contributed by atoms with van der Waals surface area (Å²) in [6.07, 6.45) is 0.286. The molecule has 2 aromatic carbocycles. The van der Waals surface area contributed by atoms with Crippen LogP contribution in [0.15, 0.2) is 48.5 Å². The van der Waals surface area contributed by atoms with Crippen molar-refractivity contribution in [1.29, 1.82) is 0 Å². The van der Waals surface area contributed by atoms with Gasteiger partial charge in [0.15, 0.2) is 0 Å². The molecule has 2 rings (SSSR count). The Balaban J connectivity index is 1.70. The first-order valence-corrected chi connectivity index (χ1v) is 7.94. The topological polar surface area (TPSA) is 76.7 Å². The van der Waals surface area contributed by atoms with Crippen LogP contribution < -0.4 is 20.1 Å². The molecule has 0 spiro atoms. The van der Waals surface area contributed by atoms with Gasteiger partial charge in [0.1, 0.15) is 11.5 Å². The lowest BCUT2D eigenvalue weighted by molar-refractivity contribution is -0.120. The predicted molar refractivity (Wildman–Crippen MR) is 95.0 cm³/mol. The molecule has 0 radical (unpaired) electrons. The van der Waals surface area contributed by atoms with Crippen LogP contribution in [0.3, 0.4) is 0 Å². The molecule has 0 bridgehead atoms. The largest absolute Gasteiger partial charge is 0.497 e. The molecular formula is C19H22N2O4. The summed E-state index contributed by atoms with van der Waals surface area (Å²) in [6, 6.07) is 14.2. The molecule has 0 aromatic heterocycles. The molecule has 6 nitrogen and oxygen atoms in total. The van der Waals surface area contributed by atoms with Gasteiger partial charge in [-0.1, -0.05) is 18.2 Å². The zero-order chi connectivity index (χ0) is 18.1. The van der Waals surface area contributed by atoms with E-state index in [1.54, 1.807) is 38.5 Å². The van der Waals surface area contributed by atoms with Crippen LogP contribution in [-0.4, -0.2) is 39.1 Å². The van der Waals surface area contributed by atoms with E-state index in [0.29, 0.717) is 24.4 Å². The molecule has 6 heteroatoms. The van der Waals surface area contributed by atoms with E-state index in [1.807, 2.05) is 24.3 Å². The highest BCUT2D eigenvalue weighted by atomic mass is 16.5. The van der Waals surface area contributed by atoms with E-state index in [9.17, 15) is 9.59 Å². The summed E-state index contributed by atoms with van der Waals surface area (Å²) in [7, 11) is 3.15. The van der Waals surface area contributed by atoms with Crippen molar-refractivity contribution in [3.63, 3.8) is 0 Å². The van der Waals surface area contributed by atoms with Crippen molar-refractivity contribution in [3.05, 3.63) is 59.7 Å². The number of methoxy groups -OCH3 is 2. The number of ether oxygens (including phenoxy) is 2. The fourth-order valence-corrected chi connectivity index (χ4v) is 2.24. The minimum absolute atomic E-state index is 0.0965. The van der Waals surface area contributed by atoms with Gasteiger partial charge in [0, 0.05) is 18.7 Å². The monoisotopic (exact) mass is 342 g/mol. The molecule has 0 aliphatic heterocycles. The Morgan fingerprint density at radius 1 is 0.880 bits per heavy atom. The smallest absolute Gasteiger partial charge is 0.251 e. The molecule has 132 valence electrons. The standard InChI is InChI=1S/C19H22N2O4/c1-24-16-8-6-14(7-9-16)12-18(22)20-10-11-21-19(23)15-4-3-5-17(13-15)25-2/h3-9,13H,10-12H2,1-2H3,(H,20,22)(H,21,23). The molecule has 0 unspecified atom stereocenters. The van der Waals surface area contributed by atoms with Crippen LogP contribution in [0, 0.1) is 0 Å². The van der Waals surface area contributed by atoms with Crippen LogP contribution >= 0.6 is 0 Å². The van der Waals surface area contributed by atoms with E-state index in [2.05, 4.69) is 10.6 Å². The minimum Gasteiger partial charge on any atom is -0.497 e. The third kappa shape index (κ3) is 5.84. The SMILES string of the molecule is COc1ccc(CC(=O)NCCNC(=O)c2cccc(OC)c2)cc1. The Morgan fingerprint density at radius 2 is 1.56 bits per heavy atom. The van der Waals surface area contributed by atoms with E-state index in [1.165, 1.54) is 0 Å². The van der Waals surface area contributed by atoms with Crippen LogP contribution in [0.5, 0.6) is 11.5 Å². The maximum atomic E-state index is 12.0. The Labute approximate surface area is 147 Å². The van der Waals surface area contributed by atoms with Gasteiger partial charge in [-0.2, -0.15) is 0 Å². The summed E-state index contributed by atoms with van der Waals surface area (Å²) in [6.45, 7) is 0.717. The Kier molecular flexibility index (Phi) is 6.83. The van der Waals surface area contributed by atoms with E-state index < -0.39 is 0 Å². The van der Waals surface area contributed by atoms with Crippen LogP contribution in [0.1, 0.15) is 15.9 Å². The molecule has 0 aliphatic carbocycles. The van der Waals surface area contributed by atoms with Crippen molar-refractivity contribution in [1.82, 2.24) is 10.6 Å². The normalized spacial score (nSPS) is 10.0. The second-order valence-electron chi connectivity index (χ2n) is 5.36. The number of rotatable bonds is 8. The van der Waals surface area contributed by atoms with Crippen LogP contribution in [0.2, 0.25) is 0 Å². The van der Waals surface area contributed by atoms with Gasteiger partial charge in [-0.3, -0.25) is 9.59 Å². The highest BCUT2D eigenvalue weighted by Crippen LogP contribution is 2.12. The molecule has 2 amide bonds. The molecular weight excluding hydrogens is 320 g/mol. The van der Waals surface area contributed by atoms with Gasteiger partial charge in [0.05, 0.1) is 20.6 Å². The maximum absolute atomic E-state index is 12.0. The van der Waals surface area contributed by atoms with Crippen molar-refractivity contribution in [2.24, 2.45) is 0 Å². The number of hydrogen-bond donors (Lipinski definition) is 2. The maximum Gasteiger partial charge on any atom is 0.251 e. The van der Waals surface area contributed by atoms with Gasteiger partial charge in [-0.25, -0.2) is 0 Å². The first-order valence-electron chi connectivity index (χ1n) is 7.94. The number of benzene rings is 2. The van der Waals surface area contributed by atoms with Crippen LogP contribution in [0.4, 0.5) is 0 Å². The van der Waals surface area contributed by atoms with Crippen LogP contribution in [0.25, 0.3) is 0 Å². The Morgan fingerprint density at radius 3 is 2.24 bits per heavy atom. The lowest BCUT2D eigenvalue weighted by Gasteiger charge is -2.08. The van der Waals surface area contributed by atoms with Crippen LogP contribution in [-0.2, 0) is 11.2 Å². The molecule has 0 aliphatic rings. The first kappa shape index (κ1) is 18.3. The zero-order valence-corrected chi connectivity index (χ0v) is 14.4. The van der Waals surface area contributed by atoms with Crippen molar-refractivity contribution in [2.45, 2.75) is 6.42 Å². The quantitative estimate of drug-likeness (QED) is 0.717. The molecule has 0 atom stereocenters. The lowest BCUT2D eigenvalue weighted by atomic mass is 10.1. The van der Waals surface area contributed by atoms with Gasteiger partial charge >= 0.3 is 0 Å². The summed E-state index contributed by atoms with van der Waals surface area (Å²) in [5, 5.41) is 5.54. The zero-order valence-electron chi connectivity index (χ0n) is 14.4. The van der Waals surface area contributed by atoms with Gasteiger partial charge in [-0.05, 0) is 35.9 Å². The summed E-state index contributed by atoms with van der Waals surface area (Å²) >= 11 is 0. The lowest BCUT2D eigenvalue weighted by Crippen LogP contribution is -2.35. The predicted octanol–water partition coefficient (Wildman–Crippen LogP) is 1.79. The van der Waals surface area contributed by atoms with Gasteiger partial charge in [0.25, 0.3) is 5.91 Å². The number of hydrogen-bond acceptors (Lipinski definition) is 4. The summed E-state index contributed by atoms with van der Waals surface area (Å²) in [5.41, 5.74) is 1.42. The summed E-state index contributed by atoms with van der Waals surface area (Å²) in [5.74, 6) is 1.08. The molecule has 0 saturated heterocycles. The Hall–Kier alpha value is -3.02. The first-order chi connectivity index (χ1) is 12.1. The minimum atomic E-state index is -0.205. The van der Waals surface area contributed by atoms with Gasteiger partial charge in [0.2, 0.25) is 5.91 Å². The fourth-order valence-electron chi connectivity index (χ4n) is 2.24. The number of amides is 2. The number of nitrogens with one attached hydrogen (secondary N) is 2. The van der Waals surface area contributed by atoms with Gasteiger partial charge < -0.3 is 20.1 Å². The molecule has 0 saturated carbocycles.